The van der Waals surface area contributed by atoms with Gasteiger partial charge in [-0.3, -0.25) is 4.99 Å². The summed E-state index contributed by atoms with van der Waals surface area (Å²) in [5.74, 6) is 2.00. The fraction of sp³-hybridized carbons (Fsp3) is 0.667. The molecule has 1 aromatic carbocycles. The van der Waals surface area contributed by atoms with Gasteiger partial charge in [0, 0.05) is 26.7 Å². The van der Waals surface area contributed by atoms with Gasteiger partial charge in [-0.15, -0.1) is 0 Å². The van der Waals surface area contributed by atoms with E-state index in [1.54, 1.807) is 13.1 Å². The molecule has 6 heteroatoms. The van der Waals surface area contributed by atoms with Crippen molar-refractivity contribution in [3.63, 3.8) is 0 Å². The Morgan fingerprint density at radius 1 is 1.37 bits per heavy atom. The lowest BCUT2D eigenvalue weighted by Gasteiger charge is -2.34. The number of likely N-dealkylation sites (tertiary alicyclic amines) is 1. The Kier molecular flexibility index (Phi) is 8.35. The molecule has 2 rings (SSSR count). The van der Waals surface area contributed by atoms with Gasteiger partial charge in [-0.1, -0.05) is 19.9 Å². The summed E-state index contributed by atoms with van der Waals surface area (Å²) >= 11 is 0. The van der Waals surface area contributed by atoms with Gasteiger partial charge in [0.2, 0.25) is 0 Å². The van der Waals surface area contributed by atoms with E-state index >= 15 is 0 Å². The number of nitrogens with one attached hydrogen (secondary N) is 2. The van der Waals surface area contributed by atoms with Crippen molar-refractivity contribution in [2.24, 2.45) is 16.8 Å². The predicted molar refractivity (Wildman–Crippen MR) is 110 cm³/mol. The second-order valence-corrected chi connectivity index (χ2v) is 7.87. The predicted octanol–water partition coefficient (Wildman–Crippen LogP) is 3.43. The van der Waals surface area contributed by atoms with E-state index < -0.39 is 0 Å². The molecule has 2 N–H and O–H groups in total. The number of piperidine rings is 1. The molecule has 0 bridgehead atoms. The zero-order valence-electron chi connectivity index (χ0n) is 17.4. The number of benzene rings is 1. The molecule has 1 aliphatic heterocycles. The molecule has 1 fully saturated rings. The Balaban J connectivity index is 1.85. The third-order valence-corrected chi connectivity index (χ3v) is 5.04. The molecular weight excluding hydrogens is 343 g/mol. The van der Waals surface area contributed by atoms with Gasteiger partial charge >= 0.3 is 0 Å². The second kappa shape index (κ2) is 10.5. The highest BCUT2D eigenvalue weighted by Crippen LogP contribution is 2.22. The molecule has 1 heterocycles. The van der Waals surface area contributed by atoms with Gasteiger partial charge in [-0.25, -0.2) is 4.39 Å². The van der Waals surface area contributed by atoms with Crippen LogP contribution in [-0.2, 0) is 0 Å². The number of halogens is 1. The van der Waals surface area contributed by atoms with Crippen LogP contribution < -0.4 is 15.4 Å². The second-order valence-electron chi connectivity index (χ2n) is 7.87. The van der Waals surface area contributed by atoms with Crippen molar-refractivity contribution < 1.29 is 9.13 Å². The molecule has 0 radical (unpaired) electrons. The van der Waals surface area contributed by atoms with E-state index in [0.717, 1.165) is 24.6 Å². The van der Waals surface area contributed by atoms with Crippen LogP contribution in [0.1, 0.15) is 45.2 Å². The summed E-state index contributed by atoms with van der Waals surface area (Å²) in [5, 5.41) is 6.79. The van der Waals surface area contributed by atoms with Crippen LogP contribution in [0.3, 0.4) is 0 Å². The Hall–Kier alpha value is -1.82. The van der Waals surface area contributed by atoms with Crippen LogP contribution >= 0.6 is 0 Å². The Morgan fingerprint density at radius 2 is 2.15 bits per heavy atom. The lowest BCUT2D eigenvalue weighted by Crippen LogP contribution is -2.45. The molecule has 1 aliphatic rings. The largest absolute Gasteiger partial charge is 0.494 e. The first-order valence-corrected chi connectivity index (χ1v) is 9.95. The van der Waals surface area contributed by atoms with Crippen LogP contribution in [-0.4, -0.2) is 51.2 Å². The lowest BCUT2D eigenvalue weighted by molar-refractivity contribution is 0.159. The molecule has 5 nitrogen and oxygen atoms in total. The molecule has 152 valence electrons. The summed E-state index contributed by atoms with van der Waals surface area (Å²) in [7, 11) is 3.24. The fourth-order valence-corrected chi connectivity index (χ4v) is 3.68. The Morgan fingerprint density at radius 3 is 2.78 bits per heavy atom. The number of nitrogens with zero attached hydrogens (tertiary/aromatic N) is 2. The number of guanidine groups is 1. The smallest absolute Gasteiger partial charge is 0.191 e. The van der Waals surface area contributed by atoms with Crippen LogP contribution in [0.2, 0.25) is 0 Å². The maximum absolute atomic E-state index is 13.9. The maximum atomic E-state index is 13.9. The van der Waals surface area contributed by atoms with Crippen molar-refractivity contribution in [3.05, 3.63) is 29.6 Å². The van der Waals surface area contributed by atoms with Gasteiger partial charge in [0.25, 0.3) is 0 Å². The maximum Gasteiger partial charge on any atom is 0.191 e. The molecule has 1 aromatic rings. The minimum absolute atomic E-state index is 0.0552. The van der Waals surface area contributed by atoms with Crippen LogP contribution in [0.5, 0.6) is 5.75 Å². The highest BCUT2D eigenvalue weighted by molar-refractivity contribution is 5.80. The SMILES string of the molecule is CN=C(NCC1CCCN(CC(C)C)C1)NC(C)c1ccc(OC)c(F)c1. The van der Waals surface area contributed by atoms with Gasteiger partial charge in [-0.2, -0.15) is 0 Å². The average Bonchev–Trinajstić information content (AvgIpc) is 2.64. The summed E-state index contributed by atoms with van der Waals surface area (Å²) in [6.07, 6.45) is 2.50. The highest BCUT2D eigenvalue weighted by Gasteiger charge is 2.21. The van der Waals surface area contributed by atoms with E-state index in [1.165, 1.54) is 39.1 Å². The molecular formula is C21H35FN4O. The lowest BCUT2D eigenvalue weighted by atomic mass is 9.97. The first kappa shape index (κ1) is 21.5. The zero-order valence-corrected chi connectivity index (χ0v) is 17.4. The third kappa shape index (κ3) is 6.69. The molecule has 1 saturated heterocycles. The van der Waals surface area contributed by atoms with Crippen LogP contribution in [0.25, 0.3) is 0 Å². The number of hydrogen-bond acceptors (Lipinski definition) is 3. The number of hydrogen-bond donors (Lipinski definition) is 2. The van der Waals surface area contributed by atoms with E-state index in [4.69, 9.17) is 4.74 Å². The number of ether oxygens (including phenoxy) is 1. The van der Waals surface area contributed by atoms with Crippen molar-refractivity contribution in [2.45, 2.75) is 39.7 Å². The number of aliphatic imine (C=N–C) groups is 1. The van der Waals surface area contributed by atoms with Gasteiger partial charge in [0.05, 0.1) is 13.2 Å². The first-order chi connectivity index (χ1) is 12.9. The summed E-state index contributed by atoms with van der Waals surface area (Å²) in [5.41, 5.74) is 0.858. The van der Waals surface area contributed by atoms with Crippen LogP contribution in [0.4, 0.5) is 4.39 Å². The topological polar surface area (TPSA) is 48.9 Å². The van der Waals surface area contributed by atoms with E-state index in [2.05, 4.69) is 34.4 Å². The number of methoxy groups -OCH3 is 1. The van der Waals surface area contributed by atoms with E-state index in [0.29, 0.717) is 11.8 Å². The van der Waals surface area contributed by atoms with Crippen LogP contribution in [0, 0.1) is 17.7 Å². The number of rotatable bonds is 7. The Bertz CT molecular complexity index is 620. The molecule has 0 amide bonds. The summed E-state index contributed by atoms with van der Waals surface area (Å²) in [4.78, 5) is 6.89. The third-order valence-electron chi connectivity index (χ3n) is 5.04. The molecule has 2 atom stereocenters. The normalized spacial score (nSPS) is 19.8. The molecule has 27 heavy (non-hydrogen) atoms. The van der Waals surface area contributed by atoms with Crippen molar-refractivity contribution in [1.82, 2.24) is 15.5 Å². The van der Waals surface area contributed by atoms with Crippen LogP contribution in [0.15, 0.2) is 23.2 Å². The Labute approximate surface area is 163 Å². The first-order valence-electron chi connectivity index (χ1n) is 9.95. The minimum Gasteiger partial charge on any atom is -0.494 e. The van der Waals surface area contributed by atoms with E-state index in [9.17, 15) is 4.39 Å². The molecule has 0 spiro atoms. The molecule has 0 aliphatic carbocycles. The van der Waals surface area contributed by atoms with Crippen molar-refractivity contribution in [2.75, 3.05) is 40.3 Å². The highest BCUT2D eigenvalue weighted by atomic mass is 19.1. The van der Waals surface area contributed by atoms with Gasteiger partial charge in [0.1, 0.15) is 0 Å². The van der Waals surface area contributed by atoms with Crippen molar-refractivity contribution in [3.8, 4) is 5.75 Å². The van der Waals surface area contributed by atoms with Gasteiger partial charge < -0.3 is 20.3 Å². The van der Waals surface area contributed by atoms with E-state index in [-0.39, 0.29) is 17.6 Å². The molecule has 2 unspecified atom stereocenters. The molecule has 0 saturated carbocycles. The minimum atomic E-state index is -0.348. The van der Waals surface area contributed by atoms with Crippen molar-refractivity contribution in [1.29, 1.82) is 0 Å². The standard InChI is InChI=1S/C21H35FN4O/c1-15(2)13-26-10-6-7-17(14-26)12-24-21(23-4)25-16(3)18-8-9-20(27-5)19(22)11-18/h8-9,11,15-17H,6-7,10,12-14H2,1-5H3,(H2,23,24,25). The monoisotopic (exact) mass is 378 g/mol. The van der Waals surface area contributed by atoms with Gasteiger partial charge in [0.15, 0.2) is 17.5 Å². The summed E-state index contributed by atoms with van der Waals surface area (Å²) in [6.45, 7) is 11.0. The summed E-state index contributed by atoms with van der Waals surface area (Å²) < 4.78 is 18.9. The quantitative estimate of drug-likeness (QED) is 0.564. The van der Waals surface area contributed by atoms with Crippen molar-refractivity contribution >= 4 is 5.96 Å². The summed E-state index contributed by atoms with van der Waals surface area (Å²) in [6, 6.07) is 4.98. The zero-order chi connectivity index (χ0) is 19.8. The molecule has 0 aromatic heterocycles. The average molecular weight is 379 g/mol. The van der Waals surface area contributed by atoms with Gasteiger partial charge in [-0.05, 0) is 55.8 Å². The van der Waals surface area contributed by atoms with E-state index in [1.807, 2.05) is 13.0 Å². The fourth-order valence-electron chi connectivity index (χ4n) is 3.68.